The van der Waals surface area contributed by atoms with Crippen molar-refractivity contribution in [2.45, 2.75) is 32.7 Å². The highest BCUT2D eigenvalue weighted by molar-refractivity contribution is 5.80. The normalized spacial score (nSPS) is 12.4. The number of anilines is 1. The fourth-order valence-electron chi connectivity index (χ4n) is 2.32. The molecule has 0 bridgehead atoms. The average molecular weight is 367 g/mol. The van der Waals surface area contributed by atoms with E-state index < -0.39 is 18.2 Å². The quantitative estimate of drug-likeness (QED) is 0.769. The molecule has 26 heavy (non-hydrogen) atoms. The van der Waals surface area contributed by atoms with Crippen molar-refractivity contribution >= 4 is 11.7 Å². The molecule has 7 heteroatoms. The van der Waals surface area contributed by atoms with E-state index in [4.69, 9.17) is 9.47 Å². The highest BCUT2D eigenvalue weighted by atomic mass is 19.4. The first kappa shape index (κ1) is 19.6. The number of halogens is 3. The molecular weight excluding hydrogens is 347 g/mol. The third-order valence-electron chi connectivity index (χ3n) is 3.84. The van der Waals surface area contributed by atoms with Crippen LogP contribution in [0, 0.1) is 13.8 Å². The summed E-state index contributed by atoms with van der Waals surface area (Å²) in [5, 5.41) is 2.18. The number of alkyl halides is 3. The lowest BCUT2D eigenvalue weighted by Crippen LogP contribution is -2.44. The number of aryl methyl sites for hydroxylation is 2. The van der Waals surface area contributed by atoms with Gasteiger partial charge in [0, 0.05) is 5.69 Å². The van der Waals surface area contributed by atoms with Crippen molar-refractivity contribution < 1.29 is 27.4 Å². The van der Waals surface area contributed by atoms with E-state index in [1.165, 1.54) is 31.4 Å². The van der Waals surface area contributed by atoms with E-state index in [-0.39, 0.29) is 12.3 Å². The Kier molecular flexibility index (Phi) is 6.13. The monoisotopic (exact) mass is 367 g/mol. The van der Waals surface area contributed by atoms with Crippen LogP contribution in [0.1, 0.15) is 16.7 Å². The summed E-state index contributed by atoms with van der Waals surface area (Å²) in [7, 11) is 1.45. The molecule has 0 amide bonds. The van der Waals surface area contributed by atoms with Crippen molar-refractivity contribution in [3.63, 3.8) is 0 Å². The number of carbonyl (C=O) groups excluding carboxylic acids is 1. The highest BCUT2D eigenvalue weighted by Gasteiger charge is 2.46. The standard InChI is InChI=1S/C19H20F3NO3/c1-12-4-5-13(2)14(10-12)11-26-18(24)17(19(20,21)22)23-15-6-8-16(25-3)9-7-15/h4-10,17,23H,11H2,1-3H3/t17-/m0/s1. The van der Waals surface area contributed by atoms with E-state index in [1.54, 1.807) is 13.0 Å². The van der Waals surface area contributed by atoms with E-state index in [0.29, 0.717) is 11.3 Å². The van der Waals surface area contributed by atoms with Gasteiger partial charge < -0.3 is 14.8 Å². The second-order valence-electron chi connectivity index (χ2n) is 5.89. The Morgan fingerprint density at radius 2 is 1.77 bits per heavy atom. The number of esters is 1. The van der Waals surface area contributed by atoms with Gasteiger partial charge in [0.25, 0.3) is 0 Å². The summed E-state index contributed by atoms with van der Waals surface area (Å²) in [5.74, 6) is -0.883. The molecule has 1 N–H and O–H groups in total. The van der Waals surface area contributed by atoms with Crippen LogP contribution in [0.25, 0.3) is 0 Å². The van der Waals surface area contributed by atoms with Crippen LogP contribution in [0.3, 0.4) is 0 Å². The van der Waals surface area contributed by atoms with Crippen molar-refractivity contribution in [2.24, 2.45) is 0 Å². The van der Waals surface area contributed by atoms with Gasteiger partial charge in [0.1, 0.15) is 12.4 Å². The Bertz CT molecular complexity index is 758. The first-order valence-electron chi connectivity index (χ1n) is 7.91. The molecular formula is C19H20F3NO3. The number of ether oxygens (including phenoxy) is 2. The van der Waals surface area contributed by atoms with E-state index in [1.807, 2.05) is 19.1 Å². The molecule has 0 aromatic heterocycles. The zero-order valence-corrected chi connectivity index (χ0v) is 14.7. The largest absolute Gasteiger partial charge is 0.497 e. The minimum absolute atomic E-state index is 0.136. The van der Waals surface area contributed by atoms with Gasteiger partial charge in [-0.15, -0.1) is 0 Å². The Balaban J connectivity index is 2.10. The number of carbonyl (C=O) groups is 1. The smallest absolute Gasteiger partial charge is 0.419 e. The van der Waals surface area contributed by atoms with Crippen LogP contribution in [0.2, 0.25) is 0 Å². The first-order valence-corrected chi connectivity index (χ1v) is 7.91. The van der Waals surface area contributed by atoms with Crippen molar-refractivity contribution in [2.75, 3.05) is 12.4 Å². The topological polar surface area (TPSA) is 47.6 Å². The number of rotatable bonds is 6. The van der Waals surface area contributed by atoms with Crippen molar-refractivity contribution in [3.05, 3.63) is 59.2 Å². The number of hydrogen-bond acceptors (Lipinski definition) is 4. The van der Waals surface area contributed by atoms with Crippen LogP contribution in [-0.4, -0.2) is 25.3 Å². The SMILES string of the molecule is COc1ccc(N[C@@H](C(=O)OCc2cc(C)ccc2C)C(F)(F)F)cc1. The molecule has 2 rings (SSSR count). The maximum absolute atomic E-state index is 13.3. The molecule has 0 heterocycles. The predicted molar refractivity (Wildman–Crippen MR) is 92.2 cm³/mol. The van der Waals surface area contributed by atoms with Crippen LogP contribution < -0.4 is 10.1 Å². The molecule has 0 saturated heterocycles. The van der Waals surface area contributed by atoms with E-state index in [9.17, 15) is 18.0 Å². The molecule has 1 atom stereocenters. The van der Waals surface area contributed by atoms with Gasteiger partial charge in [-0.05, 0) is 49.2 Å². The summed E-state index contributed by atoms with van der Waals surface area (Å²) in [6, 6.07) is 8.82. The van der Waals surface area contributed by atoms with Crippen LogP contribution in [0.15, 0.2) is 42.5 Å². The molecule has 2 aromatic rings. The third kappa shape index (κ3) is 5.15. The molecule has 4 nitrogen and oxygen atoms in total. The first-order chi connectivity index (χ1) is 12.2. The number of methoxy groups -OCH3 is 1. The third-order valence-corrected chi connectivity index (χ3v) is 3.84. The Morgan fingerprint density at radius 3 is 2.35 bits per heavy atom. The molecule has 0 aliphatic heterocycles. The van der Waals surface area contributed by atoms with Gasteiger partial charge in [-0.1, -0.05) is 23.8 Å². The van der Waals surface area contributed by atoms with Crippen LogP contribution >= 0.6 is 0 Å². The molecule has 0 saturated carbocycles. The number of benzene rings is 2. The Morgan fingerprint density at radius 1 is 1.12 bits per heavy atom. The van der Waals surface area contributed by atoms with Gasteiger partial charge >= 0.3 is 12.1 Å². The van der Waals surface area contributed by atoms with Gasteiger partial charge in [-0.3, -0.25) is 0 Å². The zero-order chi connectivity index (χ0) is 19.3. The summed E-state index contributed by atoms with van der Waals surface area (Å²) in [4.78, 5) is 12.1. The lowest BCUT2D eigenvalue weighted by atomic mass is 10.1. The van der Waals surface area contributed by atoms with Gasteiger partial charge in [0.15, 0.2) is 0 Å². The summed E-state index contributed by atoms with van der Waals surface area (Å²) in [6.45, 7) is 3.44. The van der Waals surface area contributed by atoms with Crippen LogP contribution in [0.5, 0.6) is 5.75 Å². The fourth-order valence-corrected chi connectivity index (χ4v) is 2.32. The lowest BCUT2D eigenvalue weighted by Gasteiger charge is -2.21. The molecule has 0 aliphatic carbocycles. The van der Waals surface area contributed by atoms with Crippen molar-refractivity contribution in [3.8, 4) is 5.75 Å². The number of hydrogen-bond donors (Lipinski definition) is 1. The second kappa shape index (κ2) is 8.12. The van der Waals surface area contributed by atoms with Gasteiger partial charge in [-0.2, -0.15) is 13.2 Å². The van der Waals surface area contributed by atoms with Crippen LogP contribution in [-0.2, 0) is 16.1 Å². The molecule has 2 aromatic carbocycles. The minimum atomic E-state index is -4.79. The summed E-state index contributed by atoms with van der Waals surface area (Å²) in [6.07, 6.45) is -4.79. The maximum Gasteiger partial charge on any atom is 0.419 e. The molecule has 0 radical (unpaired) electrons. The predicted octanol–water partition coefficient (Wildman–Crippen LogP) is 4.40. The Labute approximate surface area is 149 Å². The van der Waals surface area contributed by atoms with Crippen LogP contribution in [0.4, 0.5) is 18.9 Å². The van der Waals surface area contributed by atoms with Crippen molar-refractivity contribution in [1.29, 1.82) is 0 Å². The lowest BCUT2D eigenvalue weighted by molar-refractivity contribution is -0.177. The highest BCUT2D eigenvalue weighted by Crippen LogP contribution is 2.26. The molecule has 0 spiro atoms. The van der Waals surface area contributed by atoms with E-state index in [2.05, 4.69) is 5.32 Å². The van der Waals surface area contributed by atoms with Gasteiger partial charge in [0.2, 0.25) is 6.04 Å². The zero-order valence-electron chi connectivity index (χ0n) is 14.7. The Hall–Kier alpha value is -2.70. The van der Waals surface area contributed by atoms with Gasteiger partial charge in [0.05, 0.1) is 7.11 Å². The maximum atomic E-state index is 13.3. The minimum Gasteiger partial charge on any atom is -0.497 e. The molecule has 0 aliphatic rings. The fraction of sp³-hybridized carbons (Fsp3) is 0.316. The van der Waals surface area contributed by atoms with Crippen molar-refractivity contribution in [1.82, 2.24) is 0 Å². The average Bonchev–Trinajstić information content (AvgIpc) is 2.59. The summed E-state index contributed by atoms with van der Waals surface area (Å²) < 4.78 is 49.7. The second-order valence-corrected chi connectivity index (χ2v) is 5.89. The van der Waals surface area contributed by atoms with E-state index in [0.717, 1.165) is 11.1 Å². The summed E-state index contributed by atoms with van der Waals surface area (Å²) >= 11 is 0. The molecule has 140 valence electrons. The van der Waals surface area contributed by atoms with Gasteiger partial charge in [-0.25, -0.2) is 4.79 Å². The molecule has 0 unspecified atom stereocenters. The summed E-state index contributed by atoms with van der Waals surface area (Å²) in [5.41, 5.74) is 2.58. The van der Waals surface area contributed by atoms with E-state index >= 15 is 0 Å². The molecule has 0 fully saturated rings. The number of nitrogens with one attached hydrogen (secondary N) is 1.